The molecule has 0 radical (unpaired) electrons. The lowest BCUT2D eigenvalue weighted by atomic mass is 9.71. The number of likely N-dealkylation sites (tertiary alicyclic amines) is 1. The molecule has 0 aromatic heterocycles. The highest BCUT2D eigenvalue weighted by molar-refractivity contribution is 5.95. The number of nitrogens with one attached hydrogen (secondary N) is 2. The van der Waals surface area contributed by atoms with Crippen molar-refractivity contribution in [2.75, 3.05) is 19.6 Å². The van der Waals surface area contributed by atoms with E-state index in [1.807, 2.05) is 0 Å². The van der Waals surface area contributed by atoms with E-state index in [9.17, 15) is 14.7 Å². The molecule has 6 nitrogen and oxygen atoms in total. The van der Waals surface area contributed by atoms with Crippen LogP contribution in [0.4, 0.5) is 4.79 Å². The molecule has 0 spiro atoms. The molecular weight excluding hydrogens is 270 g/mol. The maximum absolute atomic E-state index is 11.9. The molecule has 0 aromatic rings. The Morgan fingerprint density at radius 2 is 2.00 bits per heavy atom. The van der Waals surface area contributed by atoms with Crippen molar-refractivity contribution >= 4 is 11.9 Å². The Morgan fingerprint density at radius 1 is 1.19 bits per heavy atom. The fraction of sp³-hybridized carbons (Fsp3) is 0.867. The van der Waals surface area contributed by atoms with E-state index in [-0.39, 0.29) is 30.4 Å². The Hall–Kier alpha value is -1.14. The molecule has 2 atom stereocenters. The van der Waals surface area contributed by atoms with E-state index in [0.717, 1.165) is 58.0 Å². The van der Waals surface area contributed by atoms with Gasteiger partial charge in [0.2, 0.25) is 5.91 Å². The van der Waals surface area contributed by atoms with E-state index in [1.165, 1.54) is 0 Å². The summed E-state index contributed by atoms with van der Waals surface area (Å²) in [7, 11) is 0. The number of hydrogen-bond donors (Lipinski definition) is 3. The molecule has 2 unspecified atom stereocenters. The lowest BCUT2D eigenvalue weighted by Gasteiger charge is -2.47. The van der Waals surface area contributed by atoms with Crippen LogP contribution in [0.15, 0.2) is 0 Å². The summed E-state index contributed by atoms with van der Waals surface area (Å²) in [6.07, 6.45) is 6.95. The lowest BCUT2D eigenvalue weighted by Crippen LogP contribution is -2.55. The minimum Gasteiger partial charge on any atom is -0.390 e. The highest BCUT2D eigenvalue weighted by Crippen LogP contribution is 2.39. The Bertz CT molecular complexity index is 424. The number of carbonyl (C=O) groups is 2. The van der Waals surface area contributed by atoms with Gasteiger partial charge < -0.3 is 10.4 Å². The van der Waals surface area contributed by atoms with Crippen molar-refractivity contribution in [1.82, 2.24) is 15.5 Å². The molecule has 3 aliphatic rings. The Kier molecular flexibility index (Phi) is 4.17. The second-order valence-electron chi connectivity index (χ2n) is 6.83. The van der Waals surface area contributed by atoms with Crippen molar-refractivity contribution in [1.29, 1.82) is 0 Å². The maximum atomic E-state index is 11.9. The van der Waals surface area contributed by atoms with Crippen LogP contribution >= 0.6 is 0 Å². The van der Waals surface area contributed by atoms with Gasteiger partial charge in [0.25, 0.3) is 0 Å². The summed E-state index contributed by atoms with van der Waals surface area (Å²) in [6.45, 7) is 1.73. The molecule has 3 N–H and O–H groups in total. The normalized spacial score (nSPS) is 33.1. The van der Waals surface area contributed by atoms with Gasteiger partial charge in [-0.1, -0.05) is 12.8 Å². The monoisotopic (exact) mass is 295 g/mol. The van der Waals surface area contributed by atoms with Crippen LogP contribution in [0.2, 0.25) is 0 Å². The number of amides is 3. The fourth-order valence-corrected chi connectivity index (χ4v) is 3.60. The van der Waals surface area contributed by atoms with Crippen LogP contribution < -0.4 is 10.6 Å². The molecule has 6 heteroatoms. The molecule has 2 aliphatic carbocycles. The first-order chi connectivity index (χ1) is 10.0. The third kappa shape index (κ3) is 3.74. The number of hydrogen-bond acceptors (Lipinski definition) is 4. The highest BCUT2D eigenvalue weighted by atomic mass is 16.3. The van der Waals surface area contributed by atoms with E-state index in [0.29, 0.717) is 0 Å². The SMILES string of the molecule is O=C(CN1CCC2(O)CCCCC2C1)NC(=O)NC1CC1. The first kappa shape index (κ1) is 14.8. The summed E-state index contributed by atoms with van der Waals surface area (Å²) in [5, 5.41) is 15.7. The van der Waals surface area contributed by atoms with Crippen molar-refractivity contribution in [2.45, 2.75) is 56.6 Å². The summed E-state index contributed by atoms with van der Waals surface area (Å²) >= 11 is 0. The van der Waals surface area contributed by atoms with E-state index in [4.69, 9.17) is 0 Å². The molecule has 3 rings (SSSR count). The first-order valence-electron chi connectivity index (χ1n) is 8.10. The number of piperidine rings is 1. The van der Waals surface area contributed by atoms with Gasteiger partial charge in [-0.3, -0.25) is 15.0 Å². The van der Waals surface area contributed by atoms with Crippen LogP contribution in [0, 0.1) is 5.92 Å². The number of fused-ring (bicyclic) bond motifs is 1. The van der Waals surface area contributed by atoms with Gasteiger partial charge in [-0.15, -0.1) is 0 Å². The second-order valence-corrected chi connectivity index (χ2v) is 6.83. The quantitative estimate of drug-likeness (QED) is 0.712. The van der Waals surface area contributed by atoms with Crippen molar-refractivity contribution in [3.8, 4) is 0 Å². The van der Waals surface area contributed by atoms with Crippen LogP contribution in [-0.2, 0) is 4.79 Å². The van der Waals surface area contributed by atoms with E-state index in [1.54, 1.807) is 0 Å². The Balaban J connectivity index is 1.44. The predicted molar refractivity (Wildman–Crippen MR) is 77.7 cm³/mol. The minimum absolute atomic E-state index is 0.241. The molecule has 118 valence electrons. The van der Waals surface area contributed by atoms with E-state index >= 15 is 0 Å². The van der Waals surface area contributed by atoms with Gasteiger partial charge in [0.05, 0.1) is 12.1 Å². The lowest BCUT2D eigenvalue weighted by molar-refractivity contribution is -0.126. The number of aliphatic hydroxyl groups is 1. The van der Waals surface area contributed by atoms with Crippen molar-refractivity contribution in [3.63, 3.8) is 0 Å². The van der Waals surface area contributed by atoms with Gasteiger partial charge in [0.15, 0.2) is 0 Å². The minimum atomic E-state index is -0.519. The Morgan fingerprint density at radius 3 is 2.76 bits per heavy atom. The number of rotatable bonds is 3. The average molecular weight is 295 g/mol. The zero-order valence-corrected chi connectivity index (χ0v) is 12.4. The number of imide groups is 1. The van der Waals surface area contributed by atoms with Crippen LogP contribution in [0.3, 0.4) is 0 Å². The van der Waals surface area contributed by atoms with Gasteiger partial charge >= 0.3 is 6.03 Å². The topological polar surface area (TPSA) is 81.7 Å². The molecule has 0 bridgehead atoms. The summed E-state index contributed by atoms with van der Waals surface area (Å²) in [5.41, 5.74) is -0.519. The van der Waals surface area contributed by atoms with E-state index < -0.39 is 5.60 Å². The summed E-state index contributed by atoms with van der Waals surface area (Å²) in [6, 6.07) is -0.126. The molecule has 1 saturated heterocycles. The molecule has 3 amide bonds. The van der Waals surface area contributed by atoms with Crippen LogP contribution in [0.25, 0.3) is 0 Å². The number of nitrogens with zero attached hydrogens (tertiary/aromatic N) is 1. The van der Waals surface area contributed by atoms with Crippen LogP contribution in [-0.4, -0.2) is 53.2 Å². The fourth-order valence-electron chi connectivity index (χ4n) is 3.60. The number of urea groups is 1. The third-order valence-corrected chi connectivity index (χ3v) is 5.04. The van der Waals surface area contributed by atoms with Crippen molar-refractivity contribution in [2.24, 2.45) is 5.92 Å². The summed E-state index contributed by atoms with van der Waals surface area (Å²) < 4.78 is 0. The standard InChI is InChI=1S/C15H25N3O3/c19-13(17-14(20)16-12-4-5-12)10-18-8-7-15(21)6-2-1-3-11(15)9-18/h11-12,21H,1-10H2,(H2,16,17,19,20). The van der Waals surface area contributed by atoms with E-state index in [2.05, 4.69) is 15.5 Å². The largest absolute Gasteiger partial charge is 0.390 e. The summed E-state index contributed by atoms with van der Waals surface area (Å²) in [4.78, 5) is 25.5. The molecule has 21 heavy (non-hydrogen) atoms. The predicted octanol–water partition coefficient (Wildman–Crippen LogP) is 0.602. The molecule has 0 aromatic carbocycles. The third-order valence-electron chi connectivity index (χ3n) is 5.04. The first-order valence-corrected chi connectivity index (χ1v) is 8.10. The zero-order chi connectivity index (χ0) is 14.9. The average Bonchev–Trinajstić information content (AvgIpc) is 3.22. The molecule has 3 fully saturated rings. The van der Waals surface area contributed by atoms with Gasteiger partial charge in [0.1, 0.15) is 0 Å². The van der Waals surface area contributed by atoms with Gasteiger partial charge in [-0.25, -0.2) is 4.79 Å². The molecule has 1 heterocycles. The van der Waals surface area contributed by atoms with Gasteiger partial charge in [-0.05, 0) is 32.1 Å². The van der Waals surface area contributed by atoms with Crippen molar-refractivity contribution < 1.29 is 14.7 Å². The number of carbonyl (C=O) groups excluding carboxylic acids is 2. The smallest absolute Gasteiger partial charge is 0.321 e. The second kappa shape index (κ2) is 5.93. The highest BCUT2D eigenvalue weighted by Gasteiger charge is 2.42. The van der Waals surface area contributed by atoms with Crippen LogP contribution in [0.5, 0.6) is 0 Å². The molecule has 2 saturated carbocycles. The van der Waals surface area contributed by atoms with Gasteiger partial charge in [-0.2, -0.15) is 0 Å². The van der Waals surface area contributed by atoms with Gasteiger partial charge in [0, 0.05) is 25.0 Å². The zero-order valence-electron chi connectivity index (χ0n) is 12.4. The summed E-state index contributed by atoms with van der Waals surface area (Å²) in [5.74, 6) is 0.0162. The van der Waals surface area contributed by atoms with Crippen molar-refractivity contribution in [3.05, 3.63) is 0 Å². The Labute approximate surface area is 125 Å². The molecular formula is C15H25N3O3. The molecule has 1 aliphatic heterocycles. The van der Waals surface area contributed by atoms with Crippen LogP contribution in [0.1, 0.15) is 44.9 Å². The maximum Gasteiger partial charge on any atom is 0.321 e.